The largest absolute Gasteiger partial charge is 0.481 e. The van der Waals surface area contributed by atoms with Crippen molar-refractivity contribution in [3.8, 4) is 0 Å². The lowest BCUT2D eigenvalue weighted by molar-refractivity contribution is -0.165. The van der Waals surface area contributed by atoms with Crippen LogP contribution >= 0.6 is 23.2 Å². The van der Waals surface area contributed by atoms with Crippen molar-refractivity contribution in [1.82, 2.24) is 4.90 Å². The van der Waals surface area contributed by atoms with Crippen molar-refractivity contribution in [3.63, 3.8) is 0 Å². The molecule has 1 saturated heterocycles. The minimum Gasteiger partial charge on any atom is -0.481 e. The molecule has 1 N–H and O–H groups in total. The zero-order chi connectivity index (χ0) is 28.6. The average molecular weight is 583 g/mol. The molecule has 208 valence electrons. The topological polar surface area (TPSA) is 91.8 Å². The Hall–Kier alpha value is -2.09. The normalized spacial score (nSPS) is 25.2. The number of carboxylic acid groups (broad SMARTS) is 1. The molecule has 4 atom stereocenters. The Labute approximate surface area is 236 Å². The van der Waals surface area contributed by atoms with Gasteiger partial charge in [-0.2, -0.15) is 0 Å². The van der Waals surface area contributed by atoms with E-state index in [2.05, 4.69) is 0 Å². The molecule has 0 aromatic heterocycles. The Balaban J connectivity index is 2.38. The van der Waals surface area contributed by atoms with Crippen molar-refractivity contribution < 1.29 is 23.1 Å². The summed E-state index contributed by atoms with van der Waals surface area (Å²) in [7, 11) is -3.55. The second-order valence-corrected chi connectivity index (χ2v) is 15.1. The van der Waals surface area contributed by atoms with E-state index in [0.717, 1.165) is 11.1 Å². The van der Waals surface area contributed by atoms with E-state index in [1.54, 1.807) is 43.9 Å². The zero-order valence-corrected chi connectivity index (χ0v) is 25.1. The van der Waals surface area contributed by atoms with E-state index in [1.165, 1.54) is 0 Å². The zero-order valence-electron chi connectivity index (χ0n) is 22.7. The highest BCUT2D eigenvalue weighted by atomic mass is 35.5. The first kappa shape index (κ1) is 30.5. The number of carboxylic acids is 1. The van der Waals surface area contributed by atoms with E-state index in [0.29, 0.717) is 10.0 Å². The number of amides is 1. The van der Waals surface area contributed by atoms with E-state index in [1.807, 2.05) is 51.1 Å². The Morgan fingerprint density at radius 2 is 1.66 bits per heavy atom. The SMILES string of the molecule is CC(C)[C@@H](CS(=O)(=O)C(C)C)N1C(=O)[C@@](C)(CC(=O)O)C[C@@](C)(c2cccc(Cl)c2)[C@H]1c1ccc(Cl)cc1. The van der Waals surface area contributed by atoms with Gasteiger partial charge in [-0.1, -0.05) is 75.2 Å². The Bertz CT molecular complexity index is 1290. The maximum Gasteiger partial charge on any atom is 0.304 e. The van der Waals surface area contributed by atoms with Crippen LogP contribution in [0.2, 0.25) is 10.0 Å². The van der Waals surface area contributed by atoms with Crippen LogP contribution in [0.3, 0.4) is 0 Å². The van der Waals surface area contributed by atoms with Crippen molar-refractivity contribution in [3.05, 3.63) is 69.7 Å². The van der Waals surface area contributed by atoms with Crippen molar-refractivity contribution in [2.24, 2.45) is 11.3 Å². The van der Waals surface area contributed by atoms with Gasteiger partial charge in [-0.15, -0.1) is 0 Å². The third kappa shape index (κ3) is 6.05. The number of carbonyl (C=O) groups is 2. The Kier molecular flexibility index (Phi) is 8.96. The summed E-state index contributed by atoms with van der Waals surface area (Å²) >= 11 is 12.6. The summed E-state index contributed by atoms with van der Waals surface area (Å²) in [6, 6.07) is 13.3. The standard InChI is InChI=1S/C29H37Cl2NO5S/c1-18(2)24(16-38(36,37)19(3)4)32-26(20-10-12-22(30)13-11-20)29(6,21-8-7-9-23(31)14-21)17-28(5,27(32)35)15-25(33)34/h7-14,18-19,24,26H,15-17H2,1-6H3,(H,33,34)/t24-,26-,28+,29+/m1/s1. The van der Waals surface area contributed by atoms with E-state index in [4.69, 9.17) is 23.2 Å². The summed E-state index contributed by atoms with van der Waals surface area (Å²) in [6.07, 6.45) is -0.148. The molecule has 0 saturated carbocycles. The summed E-state index contributed by atoms with van der Waals surface area (Å²) in [5.41, 5.74) is -0.449. The number of hydrogen-bond donors (Lipinski definition) is 1. The lowest BCUT2D eigenvalue weighted by atomic mass is 9.58. The van der Waals surface area contributed by atoms with Crippen LogP contribution in [-0.4, -0.2) is 47.3 Å². The number of likely N-dealkylation sites (tertiary alicyclic amines) is 1. The van der Waals surface area contributed by atoms with Crippen LogP contribution in [0.15, 0.2) is 48.5 Å². The number of benzene rings is 2. The lowest BCUT2D eigenvalue weighted by Gasteiger charge is -2.57. The van der Waals surface area contributed by atoms with Gasteiger partial charge < -0.3 is 10.0 Å². The molecule has 1 aliphatic rings. The molecule has 3 rings (SSSR count). The number of halogens is 2. The van der Waals surface area contributed by atoms with Gasteiger partial charge in [-0.25, -0.2) is 8.42 Å². The second kappa shape index (κ2) is 11.2. The maximum absolute atomic E-state index is 14.4. The van der Waals surface area contributed by atoms with Crippen molar-refractivity contribution in [2.75, 3.05) is 5.75 Å². The summed E-state index contributed by atoms with van der Waals surface area (Å²) in [5.74, 6) is -1.91. The van der Waals surface area contributed by atoms with Gasteiger partial charge in [0.1, 0.15) is 0 Å². The summed E-state index contributed by atoms with van der Waals surface area (Å²) < 4.78 is 26.5. The molecule has 0 radical (unpaired) electrons. The van der Waals surface area contributed by atoms with Crippen molar-refractivity contribution >= 4 is 44.9 Å². The smallest absolute Gasteiger partial charge is 0.304 e. The molecule has 0 aliphatic carbocycles. The van der Waals surface area contributed by atoms with Gasteiger partial charge in [0, 0.05) is 21.5 Å². The molecular weight excluding hydrogens is 545 g/mol. The van der Waals surface area contributed by atoms with Gasteiger partial charge in [0.15, 0.2) is 9.84 Å². The van der Waals surface area contributed by atoms with Gasteiger partial charge in [-0.05, 0) is 61.6 Å². The monoisotopic (exact) mass is 581 g/mol. The van der Waals surface area contributed by atoms with E-state index in [-0.39, 0.29) is 30.4 Å². The fourth-order valence-corrected chi connectivity index (χ4v) is 7.56. The van der Waals surface area contributed by atoms with Crippen LogP contribution in [0.1, 0.15) is 71.6 Å². The molecule has 2 aromatic carbocycles. The number of rotatable bonds is 9. The van der Waals surface area contributed by atoms with Gasteiger partial charge in [0.25, 0.3) is 0 Å². The van der Waals surface area contributed by atoms with Gasteiger partial charge in [-0.3, -0.25) is 9.59 Å². The molecule has 1 fully saturated rings. The van der Waals surface area contributed by atoms with Crippen LogP contribution < -0.4 is 0 Å². The second-order valence-electron chi connectivity index (χ2n) is 11.6. The molecule has 0 bridgehead atoms. The number of piperidine rings is 1. The van der Waals surface area contributed by atoms with Crippen molar-refractivity contribution in [1.29, 1.82) is 0 Å². The molecular formula is C29H37Cl2NO5S. The number of hydrogen-bond acceptors (Lipinski definition) is 4. The quantitative estimate of drug-likeness (QED) is 0.362. The molecule has 38 heavy (non-hydrogen) atoms. The fraction of sp³-hybridized carbons (Fsp3) is 0.517. The van der Waals surface area contributed by atoms with E-state index >= 15 is 0 Å². The van der Waals surface area contributed by atoms with Crippen LogP contribution in [-0.2, 0) is 24.8 Å². The maximum atomic E-state index is 14.4. The number of aliphatic carboxylic acids is 1. The fourth-order valence-electron chi connectivity index (χ4n) is 5.83. The minimum atomic E-state index is -3.55. The molecule has 0 unspecified atom stereocenters. The highest BCUT2D eigenvalue weighted by Crippen LogP contribution is 2.56. The first-order chi connectivity index (χ1) is 17.5. The molecule has 1 heterocycles. The first-order valence-corrected chi connectivity index (χ1v) is 15.3. The van der Waals surface area contributed by atoms with Gasteiger partial charge in [0.05, 0.1) is 28.9 Å². The predicted octanol–water partition coefficient (Wildman–Crippen LogP) is 6.55. The van der Waals surface area contributed by atoms with Crippen molar-refractivity contribution in [2.45, 2.75) is 77.1 Å². The molecule has 1 amide bonds. The third-order valence-electron chi connectivity index (χ3n) is 7.85. The summed E-state index contributed by atoms with van der Waals surface area (Å²) in [6.45, 7) is 10.7. The Morgan fingerprint density at radius 3 is 2.16 bits per heavy atom. The number of nitrogens with zero attached hydrogens (tertiary/aromatic N) is 1. The first-order valence-electron chi connectivity index (χ1n) is 12.8. The van der Waals surface area contributed by atoms with E-state index in [9.17, 15) is 23.1 Å². The molecule has 6 nitrogen and oxygen atoms in total. The average Bonchev–Trinajstić information content (AvgIpc) is 2.80. The molecule has 2 aromatic rings. The van der Waals surface area contributed by atoms with Crippen LogP contribution in [0, 0.1) is 11.3 Å². The molecule has 9 heteroatoms. The lowest BCUT2D eigenvalue weighted by Crippen LogP contribution is -2.63. The van der Waals surface area contributed by atoms with Gasteiger partial charge in [0.2, 0.25) is 5.91 Å². The Morgan fingerprint density at radius 1 is 1.05 bits per heavy atom. The van der Waals surface area contributed by atoms with Crippen LogP contribution in [0.5, 0.6) is 0 Å². The molecule has 0 spiro atoms. The molecule has 1 aliphatic heterocycles. The third-order valence-corrected chi connectivity index (χ3v) is 10.6. The highest BCUT2D eigenvalue weighted by Gasteiger charge is 2.58. The summed E-state index contributed by atoms with van der Waals surface area (Å²) in [4.78, 5) is 28.1. The van der Waals surface area contributed by atoms with Crippen LogP contribution in [0.4, 0.5) is 0 Å². The van der Waals surface area contributed by atoms with Crippen LogP contribution in [0.25, 0.3) is 0 Å². The van der Waals surface area contributed by atoms with E-state index < -0.39 is 44.0 Å². The summed E-state index contributed by atoms with van der Waals surface area (Å²) in [5, 5.41) is 10.3. The highest BCUT2D eigenvalue weighted by molar-refractivity contribution is 7.92. The number of sulfone groups is 1. The predicted molar refractivity (Wildman–Crippen MR) is 152 cm³/mol. The number of carbonyl (C=O) groups excluding carboxylic acids is 1. The van der Waals surface area contributed by atoms with Gasteiger partial charge >= 0.3 is 5.97 Å². The minimum absolute atomic E-state index is 0.224.